The fraction of sp³-hybridized carbons (Fsp3) is 1.00. The van der Waals surface area contributed by atoms with Crippen molar-refractivity contribution >= 4 is 10.0 Å². The second-order valence-electron chi connectivity index (χ2n) is 4.79. The molecule has 1 saturated heterocycles. The molecule has 0 amide bonds. The number of sulfonamides is 1. The minimum Gasteiger partial charge on any atom is -0.381 e. The van der Waals surface area contributed by atoms with E-state index in [0.29, 0.717) is 25.7 Å². The largest absolute Gasteiger partial charge is 0.381 e. The summed E-state index contributed by atoms with van der Waals surface area (Å²) in [5, 5.41) is 3.21. The maximum atomic E-state index is 11.8. The Labute approximate surface area is 104 Å². The number of rotatable bonds is 7. The highest BCUT2D eigenvalue weighted by Crippen LogP contribution is 2.07. The fourth-order valence-electron chi connectivity index (χ4n) is 1.78. The Morgan fingerprint density at radius 3 is 2.53 bits per heavy atom. The summed E-state index contributed by atoms with van der Waals surface area (Å²) in [5.74, 6) is 0.198. The van der Waals surface area contributed by atoms with Crippen LogP contribution in [0.25, 0.3) is 0 Å². The van der Waals surface area contributed by atoms with Gasteiger partial charge >= 0.3 is 0 Å². The van der Waals surface area contributed by atoms with Crippen LogP contribution in [0.15, 0.2) is 0 Å². The molecular weight excluding hydrogens is 240 g/mol. The van der Waals surface area contributed by atoms with Crippen molar-refractivity contribution in [3.63, 3.8) is 0 Å². The predicted octanol–water partition coefficient (Wildman–Crippen LogP) is 0.473. The third-order valence-electron chi connectivity index (χ3n) is 2.71. The molecule has 1 fully saturated rings. The lowest BCUT2D eigenvalue weighted by Crippen LogP contribution is -2.40. The molecule has 2 N–H and O–H groups in total. The summed E-state index contributed by atoms with van der Waals surface area (Å²) in [6, 6.07) is 0.466. The van der Waals surface area contributed by atoms with E-state index in [9.17, 15) is 8.42 Å². The molecule has 0 aliphatic carbocycles. The average Bonchev–Trinajstić information content (AvgIpc) is 2.25. The first-order chi connectivity index (χ1) is 7.99. The third kappa shape index (κ3) is 6.98. The zero-order valence-electron chi connectivity index (χ0n) is 10.7. The Morgan fingerprint density at radius 2 is 1.94 bits per heavy atom. The lowest BCUT2D eigenvalue weighted by molar-refractivity contribution is 0.0832. The molecule has 5 nitrogen and oxygen atoms in total. The van der Waals surface area contributed by atoms with Gasteiger partial charge in [0.05, 0.1) is 5.75 Å². The lowest BCUT2D eigenvalue weighted by Gasteiger charge is -2.23. The number of nitrogens with one attached hydrogen (secondary N) is 2. The molecule has 6 heteroatoms. The summed E-state index contributed by atoms with van der Waals surface area (Å²) in [6.07, 6.45) is 2.21. The highest BCUT2D eigenvalue weighted by atomic mass is 32.2. The quantitative estimate of drug-likeness (QED) is 0.656. The summed E-state index contributed by atoms with van der Waals surface area (Å²) in [6.45, 7) is 6.15. The monoisotopic (exact) mass is 264 g/mol. The summed E-state index contributed by atoms with van der Waals surface area (Å²) >= 11 is 0. The Balaban J connectivity index is 2.20. The van der Waals surface area contributed by atoms with E-state index in [1.165, 1.54) is 0 Å². The summed E-state index contributed by atoms with van der Waals surface area (Å²) in [7, 11) is -3.12. The molecule has 17 heavy (non-hydrogen) atoms. The van der Waals surface area contributed by atoms with Crippen molar-refractivity contribution in [1.29, 1.82) is 0 Å². The minimum atomic E-state index is -3.12. The van der Waals surface area contributed by atoms with Crippen molar-refractivity contribution in [2.75, 3.05) is 25.5 Å². The maximum Gasteiger partial charge on any atom is 0.211 e. The molecule has 1 heterocycles. The molecule has 0 unspecified atom stereocenters. The van der Waals surface area contributed by atoms with E-state index in [1.54, 1.807) is 0 Å². The summed E-state index contributed by atoms with van der Waals surface area (Å²) < 4.78 is 31.5. The van der Waals surface area contributed by atoms with Crippen LogP contribution in [0, 0.1) is 0 Å². The van der Waals surface area contributed by atoms with Crippen LogP contribution < -0.4 is 10.0 Å². The molecule has 0 aromatic heterocycles. The van der Waals surface area contributed by atoms with Gasteiger partial charge in [-0.2, -0.15) is 0 Å². The molecular formula is C11H24N2O3S. The highest BCUT2D eigenvalue weighted by molar-refractivity contribution is 7.89. The SMILES string of the molecule is CC(C)NCCCS(=O)(=O)NC1CCOCC1. The van der Waals surface area contributed by atoms with E-state index in [2.05, 4.69) is 23.9 Å². The first-order valence-electron chi connectivity index (χ1n) is 6.31. The van der Waals surface area contributed by atoms with Crippen LogP contribution >= 0.6 is 0 Å². The van der Waals surface area contributed by atoms with E-state index in [1.807, 2.05) is 0 Å². The lowest BCUT2D eigenvalue weighted by atomic mass is 10.1. The van der Waals surface area contributed by atoms with E-state index in [-0.39, 0.29) is 11.8 Å². The van der Waals surface area contributed by atoms with Crippen molar-refractivity contribution in [3.8, 4) is 0 Å². The van der Waals surface area contributed by atoms with Gasteiger partial charge in [-0.15, -0.1) is 0 Å². The number of hydrogen-bond donors (Lipinski definition) is 2. The predicted molar refractivity (Wildman–Crippen MR) is 68.5 cm³/mol. The fourth-order valence-corrected chi connectivity index (χ4v) is 3.17. The summed E-state index contributed by atoms with van der Waals surface area (Å²) in [4.78, 5) is 0. The first kappa shape index (κ1) is 14.9. The van der Waals surface area contributed by atoms with Crippen LogP contribution in [-0.4, -0.2) is 46.0 Å². The van der Waals surface area contributed by atoms with Gasteiger partial charge in [-0.25, -0.2) is 13.1 Å². The van der Waals surface area contributed by atoms with Crippen LogP contribution in [0.5, 0.6) is 0 Å². The molecule has 0 saturated carbocycles. The van der Waals surface area contributed by atoms with Crippen LogP contribution in [0.3, 0.4) is 0 Å². The van der Waals surface area contributed by atoms with Gasteiger partial charge in [0.2, 0.25) is 10.0 Å². The Bertz CT molecular complexity index is 298. The molecule has 1 aliphatic rings. The maximum absolute atomic E-state index is 11.8. The molecule has 0 radical (unpaired) electrons. The smallest absolute Gasteiger partial charge is 0.211 e. The van der Waals surface area contributed by atoms with Crippen LogP contribution in [0.4, 0.5) is 0 Å². The van der Waals surface area contributed by atoms with E-state index >= 15 is 0 Å². The van der Waals surface area contributed by atoms with E-state index < -0.39 is 10.0 Å². The second-order valence-corrected chi connectivity index (χ2v) is 6.66. The second kappa shape index (κ2) is 7.31. The first-order valence-corrected chi connectivity index (χ1v) is 7.96. The Hall–Kier alpha value is -0.170. The van der Waals surface area contributed by atoms with Gasteiger partial charge in [-0.3, -0.25) is 0 Å². The summed E-state index contributed by atoms with van der Waals surface area (Å²) in [5.41, 5.74) is 0. The normalized spacial score (nSPS) is 18.8. The van der Waals surface area contributed by atoms with E-state index in [4.69, 9.17) is 4.74 Å². The van der Waals surface area contributed by atoms with Crippen molar-refractivity contribution in [1.82, 2.24) is 10.0 Å². The zero-order valence-corrected chi connectivity index (χ0v) is 11.6. The van der Waals surface area contributed by atoms with Gasteiger partial charge in [0, 0.05) is 25.3 Å². The topological polar surface area (TPSA) is 67.4 Å². The Kier molecular flexibility index (Phi) is 6.40. The molecule has 0 atom stereocenters. The van der Waals surface area contributed by atoms with Gasteiger partial charge in [-0.05, 0) is 25.8 Å². The number of ether oxygens (including phenoxy) is 1. The van der Waals surface area contributed by atoms with Crippen molar-refractivity contribution in [2.45, 2.75) is 45.2 Å². The van der Waals surface area contributed by atoms with Gasteiger partial charge in [0.1, 0.15) is 0 Å². The van der Waals surface area contributed by atoms with E-state index in [0.717, 1.165) is 19.4 Å². The molecule has 102 valence electrons. The third-order valence-corrected chi connectivity index (χ3v) is 4.23. The molecule has 1 aliphatic heterocycles. The van der Waals surface area contributed by atoms with Crippen LogP contribution in [-0.2, 0) is 14.8 Å². The van der Waals surface area contributed by atoms with Crippen molar-refractivity contribution in [3.05, 3.63) is 0 Å². The molecule has 0 aromatic carbocycles. The molecule has 0 spiro atoms. The highest BCUT2D eigenvalue weighted by Gasteiger charge is 2.19. The minimum absolute atomic E-state index is 0.0619. The van der Waals surface area contributed by atoms with Crippen LogP contribution in [0.2, 0.25) is 0 Å². The standard InChI is InChI=1S/C11H24N2O3S/c1-10(2)12-6-3-9-17(14,15)13-11-4-7-16-8-5-11/h10-13H,3-9H2,1-2H3. The average molecular weight is 264 g/mol. The molecule has 0 aromatic rings. The number of hydrogen-bond acceptors (Lipinski definition) is 4. The van der Waals surface area contributed by atoms with Crippen LogP contribution in [0.1, 0.15) is 33.1 Å². The molecule has 0 bridgehead atoms. The zero-order chi connectivity index (χ0) is 12.7. The Morgan fingerprint density at radius 1 is 1.29 bits per heavy atom. The van der Waals surface area contributed by atoms with Crippen molar-refractivity contribution < 1.29 is 13.2 Å². The van der Waals surface area contributed by atoms with Gasteiger partial charge in [-0.1, -0.05) is 13.8 Å². The van der Waals surface area contributed by atoms with Gasteiger partial charge in [0.25, 0.3) is 0 Å². The van der Waals surface area contributed by atoms with Gasteiger partial charge in [0.15, 0.2) is 0 Å². The van der Waals surface area contributed by atoms with Gasteiger partial charge < -0.3 is 10.1 Å². The van der Waals surface area contributed by atoms with Crippen molar-refractivity contribution in [2.24, 2.45) is 0 Å². The molecule has 1 rings (SSSR count).